The number of ether oxygens (including phenoxy) is 2. The van der Waals surface area contributed by atoms with E-state index in [-0.39, 0.29) is 11.9 Å². The summed E-state index contributed by atoms with van der Waals surface area (Å²) < 4.78 is 9.40. The van der Waals surface area contributed by atoms with Gasteiger partial charge in [-0.25, -0.2) is 0 Å². The molecule has 1 rings (SSSR count). The van der Waals surface area contributed by atoms with Gasteiger partial charge in [0.2, 0.25) is 0 Å². The molecule has 1 aliphatic rings. The van der Waals surface area contributed by atoms with Crippen molar-refractivity contribution in [2.45, 2.75) is 44.9 Å². The summed E-state index contributed by atoms with van der Waals surface area (Å²) in [5.41, 5.74) is 0. The maximum atomic E-state index is 11.3. The molecule has 0 amide bonds. The van der Waals surface area contributed by atoms with E-state index in [1.54, 1.807) is 0 Å². The fraction of sp³-hybridized carbons (Fsp3) is 0.846. The normalized spacial score (nSPS) is 24.8. The third-order valence-corrected chi connectivity index (χ3v) is 3.51. The summed E-state index contributed by atoms with van der Waals surface area (Å²) in [4.78, 5) is 22.5. The van der Waals surface area contributed by atoms with E-state index in [4.69, 9.17) is 9.47 Å². The zero-order chi connectivity index (χ0) is 12.7. The van der Waals surface area contributed by atoms with Gasteiger partial charge >= 0.3 is 11.9 Å². The van der Waals surface area contributed by atoms with Crippen LogP contribution in [0.4, 0.5) is 0 Å². The van der Waals surface area contributed by atoms with Crippen LogP contribution in [-0.2, 0) is 19.1 Å². The Bertz CT molecular complexity index is 236. The molecule has 0 N–H and O–H groups in total. The second kappa shape index (κ2) is 7.30. The number of hydrogen-bond donors (Lipinski definition) is 0. The van der Waals surface area contributed by atoms with Crippen LogP contribution in [0, 0.1) is 11.8 Å². The number of carbonyl (C=O) groups excluding carboxylic acids is 2. The molecule has 0 spiro atoms. The van der Waals surface area contributed by atoms with Gasteiger partial charge in [0.05, 0.1) is 14.2 Å². The van der Waals surface area contributed by atoms with Crippen molar-refractivity contribution in [3.05, 3.63) is 0 Å². The van der Waals surface area contributed by atoms with Crippen LogP contribution < -0.4 is 0 Å². The zero-order valence-electron chi connectivity index (χ0n) is 10.7. The van der Waals surface area contributed by atoms with Crippen LogP contribution in [0.25, 0.3) is 0 Å². The molecule has 0 heterocycles. The third kappa shape index (κ3) is 5.20. The molecule has 98 valence electrons. The van der Waals surface area contributed by atoms with Crippen LogP contribution in [0.15, 0.2) is 0 Å². The van der Waals surface area contributed by atoms with Gasteiger partial charge in [-0.1, -0.05) is 12.8 Å². The highest BCUT2D eigenvalue weighted by molar-refractivity contribution is 5.70. The number of carbonyl (C=O) groups is 2. The largest absolute Gasteiger partial charge is 0.469 e. The summed E-state index contributed by atoms with van der Waals surface area (Å²) in [7, 11) is 2.84. The van der Waals surface area contributed by atoms with Crippen LogP contribution in [0.3, 0.4) is 0 Å². The summed E-state index contributed by atoms with van der Waals surface area (Å²) in [5.74, 6) is 0.432. The lowest BCUT2D eigenvalue weighted by molar-refractivity contribution is -0.141. The van der Waals surface area contributed by atoms with Gasteiger partial charge in [-0.2, -0.15) is 0 Å². The smallest absolute Gasteiger partial charge is 0.305 e. The molecule has 0 aliphatic heterocycles. The highest BCUT2D eigenvalue weighted by Gasteiger charge is 2.24. The quantitative estimate of drug-likeness (QED) is 0.560. The van der Waals surface area contributed by atoms with Gasteiger partial charge in [-0.3, -0.25) is 9.59 Å². The molecule has 1 fully saturated rings. The summed E-state index contributed by atoms with van der Waals surface area (Å²) >= 11 is 0. The molecule has 0 aromatic rings. The first-order chi connectivity index (χ1) is 8.15. The van der Waals surface area contributed by atoms with Crippen molar-refractivity contribution in [1.82, 2.24) is 0 Å². The summed E-state index contributed by atoms with van der Waals surface area (Å²) in [5, 5.41) is 0. The van der Waals surface area contributed by atoms with Crippen molar-refractivity contribution < 1.29 is 19.1 Å². The minimum Gasteiger partial charge on any atom is -0.469 e. The van der Waals surface area contributed by atoms with Crippen LogP contribution in [-0.4, -0.2) is 26.2 Å². The molecule has 0 aromatic heterocycles. The summed E-state index contributed by atoms with van der Waals surface area (Å²) in [6.45, 7) is 0. The van der Waals surface area contributed by atoms with E-state index in [1.165, 1.54) is 14.2 Å². The summed E-state index contributed by atoms with van der Waals surface area (Å²) in [6, 6.07) is 0. The van der Waals surface area contributed by atoms with E-state index in [0.717, 1.165) is 32.1 Å². The Morgan fingerprint density at radius 1 is 0.941 bits per heavy atom. The Kier molecular flexibility index (Phi) is 6.01. The summed E-state index contributed by atoms with van der Waals surface area (Å²) in [6.07, 6.45) is 6.30. The lowest BCUT2D eigenvalue weighted by Crippen LogP contribution is -2.15. The van der Waals surface area contributed by atoms with Crippen molar-refractivity contribution in [1.29, 1.82) is 0 Å². The number of methoxy groups -OCH3 is 2. The van der Waals surface area contributed by atoms with E-state index in [1.807, 2.05) is 0 Å². The average molecular weight is 242 g/mol. The standard InChI is InChI=1S/C13H22O4/c1-16-12(14)8-10-5-3-4-6-11(7-10)9-13(15)17-2/h10-11H,3-9H2,1-2H3. The van der Waals surface area contributed by atoms with E-state index < -0.39 is 0 Å². The van der Waals surface area contributed by atoms with E-state index >= 15 is 0 Å². The minimum atomic E-state index is -0.145. The Hall–Kier alpha value is -1.06. The molecule has 0 radical (unpaired) electrons. The highest BCUT2D eigenvalue weighted by Crippen LogP contribution is 2.31. The predicted octanol–water partition coefficient (Wildman–Crippen LogP) is 2.31. The highest BCUT2D eigenvalue weighted by atomic mass is 16.5. The third-order valence-electron chi connectivity index (χ3n) is 3.51. The van der Waals surface area contributed by atoms with Gasteiger partial charge in [0.15, 0.2) is 0 Å². The Morgan fingerprint density at radius 2 is 1.35 bits per heavy atom. The van der Waals surface area contributed by atoms with Crippen molar-refractivity contribution in [2.75, 3.05) is 14.2 Å². The van der Waals surface area contributed by atoms with E-state index in [0.29, 0.717) is 24.7 Å². The predicted molar refractivity (Wildman–Crippen MR) is 63.3 cm³/mol. The van der Waals surface area contributed by atoms with E-state index in [9.17, 15) is 9.59 Å². The van der Waals surface area contributed by atoms with Gasteiger partial charge in [0.1, 0.15) is 0 Å². The topological polar surface area (TPSA) is 52.6 Å². The van der Waals surface area contributed by atoms with Gasteiger partial charge in [0, 0.05) is 12.8 Å². The molecule has 0 aromatic carbocycles. The molecule has 0 bridgehead atoms. The van der Waals surface area contributed by atoms with Crippen molar-refractivity contribution in [2.24, 2.45) is 11.8 Å². The van der Waals surface area contributed by atoms with Gasteiger partial charge in [-0.05, 0) is 31.1 Å². The molecule has 17 heavy (non-hydrogen) atoms. The number of esters is 2. The van der Waals surface area contributed by atoms with Gasteiger partial charge < -0.3 is 9.47 Å². The molecule has 0 saturated heterocycles. The first kappa shape index (κ1) is 14.0. The van der Waals surface area contributed by atoms with Crippen LogP contribution in [0.5, 0.6) is 0 Å². The maximum absolute atomic E-state index is 11.3. The Balaban J connectivity index is 2.45. The zero-order valence-corrected chi connectivity index (χ0v) is 10.7. The molecule has 1 aliphatic carbocycles. The molecule has 4 nitrogen and oxygen atoms in total. The van der Waals surface area contributed by atoms with Gasteiger partial charge in [-0.15, -0.1) is 0 Å². The molecule has 4 heteroatoms. The lowest BCUT2D eigenvalue weighted by atomic mass is 9.89. The van der Waals surface area contributed by atoms with Gasteiger partial charge in [0.25, 0.3) is 0 Å². The fourth-order valence-corrected chi connectivity index (χ4v) is 2.58. The molecular weight excluding hydrogens is 220 g/mol. The average Bonchev–Trinajstić information content (AvgIpc) is 2.54. The SMILES string of the molecule is COC(=O)CC1CCCCC(CC(=O)OC)C1. The molecule has 2 atom stereocenters. The Labute approximate surface area is 103 Å². The number of hydrogen-bond acceptors (Lipinski definition) is 4. The van der Waals surface area contributed by atoms with Crippen LogP contribution >= 0.6 is 0 Å². The first-order valence-corrected chi connectivity index (χ1v) is 6.29. The van der Waals surface area contributed by atoms with Crippen LogP contribution in [0.1, 0.15) is 44.9 Å². The van der Waals surface area contributed by atoms with E-state index in [2.05, 4.69) is 0 Å². The van der Waals surface area contributed by atoms with Crippen molar-refractivity contribution >= 4 is 11.9 Å². The second-order valence-electron chi connectivity index (χ2n) is 4.81. The van der Waals surface area contributed by atoms with Crippen LogP contribution in [0.2, 0.25) is 0 Å². The minimum absolute atomic E-state index is 0.145. The Morgan fingerprint density at radius 3 is 1.71 bits per heavy atom. The molecule has 1 saturated carbocycles. The maximum Gasteiger partial charge on any atom is 0.305 e. The molecule has 2 unspecified atom stereocenters. The second-order valence-corrected chi connectivity index (χ2v) is 4.81. The van der Waals surface area contributed by atoms with Crippen molar-refractivity contribution in [3.8, 4) is 0 Å². The fourth-order valence-electron chi connectivity index (χ4n) is 2.58. The van der Waals surface area contributed by atoms with Crippen molar-refractivity contribution in [3.63, 3.8) is 0 Å². The number of rotatable bonds is 4. The first-order valence-electron chi connectivity index (χ1n) is 6.29. The monoisotopic (exact) mass is 242 g/mol. The molecular formula is C13H22O4. The lowest BCUT2D eigenvalue weighted by Gasteiger charge is -2.18.